The molecular formula is C17H17N3O. The molecule has 0 spiro atoms. The zero-order valence-electron chi connectivity index (χ0n) is 12.1. The molecule has 2 aromatic carbocycles. The summed E-state index contributed by atoms with van der Waals surface area (Å²) in [7, 11) is 1.87. The van der Waals surface area contributed by atoms with Crippen molar-refractivity contribution in [1.82, 2.24) is 14.8 Å². The molecule has 0 atom stereocenters. The number of hydrogen-bond donors (Lipinski definition) is 1. The third kappa shape index (κ3) is 2.58. The van der Waals surface area contributed by atoms with Crippen molar-refractivity contribution in [3.63, 3.8) is 0 Å². The average molecular weight is 279 g/mol. The Labute approximate surface area is 123 Å². The first kappa shape index (κ1) is 13.5. The smallest absolute Gasteiger partial charge is 0.181 e. The maximum atomic E-state index is 9.47. The number of aliphatic hydroxyl groups is 1. The van der Waals surface area contributed by atoms with Gasteiger partial charge in [-0.2, -0.15) is 5.10 Å². The second-order valence-corrected chi connectivity index (χ2v) is 5.07. The van der Waals surface area contributed by atoms with Crippen molar-refractivity contribution in [3.8, 4) is 22.8 Å². The van der Waals surface area contributed by atoms with Crippen molar-refractivity contribution in [2.75, 3.05) is 0 Å². The van der Waals surface area contributed by atoms with E-state index in [4.69, 9.17) is 0 Å². The molecule has 3 aromatic rings. The summed E-state index contributed by atoms with van der Waals surface area (Å²) < 4.78 is 1.76. The molecule has 1 N–H and O–H groups in total. The van der Waals surface area contributed by atoms with Gasteiger partial charge in [-0.25, -0.2) is 9.67 Å². The third-order valence-corrected chi connectivity index (χ3v) is 3.47. The van der Waals surface area contributed by atoms with Crippen LogP contribution in [0.1, 0.15) is 11.1 Å². The maximum absolute atomic E-state index is 9.47. The van der Waals surface area contributed by atoms with Gasteiger partial charge in [0.2, 0.25) is 0 Å². The molecule has 1 aromatic heterocycles. The van der Waals surface area contributed by atoms with E-state index in [0.717, 1.165) is 22.5 Å². The molecule has 0 aliphatic carbocycles. The number of aryl methyl sites for hydroxylation is 2. The lowest BCUT2D eigenvalue weighted by Crippen LogP contribution is -1.97. The zero-order chi connectivity index (χ0) is 14.8. The van der Waals surface area contributed by atoms with Gasteiger partial charge < -0.3 is 5.11 Å². The van der Waals surface area contributed by atoms with E-state index < -0.39 is 0 Å². The Morgan fingerprint density at radius 1 is 1.10 bits per heavy atom. The largest absolute Gasteiger partial charge is 0.392 e. The number of nitrogens with zero attached hydrogens (tertiary/aromatic N) is 3. The summed E-state index contributed by atoms with van der Waals surface area (Å²) in [5.74, 6) is 1.46. The van der Waals surface area contributed by atoms with E-state index in [1.54, 1.807) is 4.68 Å². The quantitative estimate of drug-likeness (QED) is 0.802. The van der Waals surface area contributed by atoms with Crippen LogP contribution in [-0.4, -0.2) is 19.9 Å². The summed E-state index contributed by atoms with van der Waals surface area (Å²) >= 11 is 0. The Morgan fingerprint density at radius 2 is 1.90 bits per heavy atom. The van der Waals surface area contributed by atoms with Crippen molar-refractivity contribution in [3.05, 3.63) is 59.7 Å². The Kier molecular flexibility index (Phi) is 3.54. The summed E-state index contributed by atoms with van der Waals surface area (Å²) in [6.07, 6.45) is 0. The van der Waals surface area contributed by atoms with Gasteiger partial charge in [0.1, 0.15) is 0 Å². The number of aromatic nitrogens is 3. The fraction of sp³-hybridized carbons (Fsp3) is 0.176. The highest BCUT2D eigenvalue weighted by Crippen LogP contribution is 2.25. The number of aliphatic hydroxyl groups excluding tert-OH is 1. The first-order chi connectivity index (χ1) is 10.2. The van der Waals surface area contributed by atoms with Crippen molar-refractivity contribution >= 4 is 0 Å². The minimum atomic E-state index is -0.0111. The van der Waals surface area contributed by atoms with E-state index in [1.165, 1.54) is 5.56 Å². The molecule has 4 nitrogen and oxygen atoms in total. The second kappa shape index (κ2) is 5.50. The minimum absolute atomic E-state index is 0.0111. The molecular weight excluding hydrogens is 262 g/mol. The molecule has 0 fully saturated rings. The predicted octanol–water partition coefficient (Wildman–Crippen LogP) is 2.95. The van der Waals surface area contributed by atoms with E-state index in [9.17, 15) is 5.11 Å². The molecule has 1 heterocycles. The molecule has 106 valence electrons. The monoisotopic (exact) mass is 279 g/mol. The Balaban J connectivity index is 2.10. The third-order valence-electron chi connectivity index (χ3n) is 3.47. The lowest BCUT2D eigenvalue weighted by Gasteiger charge is -2.05. The van der Waals surface area contributed by atoms with Gasteiger partial charge >= 0.3 is 0 Å². The van der Waals surface area contributed by atoms with Crippen LogP contribution in [0.3, 0.4) is 0 Å². The highest BCUT2D eigenvalue weighted by molar-refractivity contribution is 5.64. The molecule has 3 rings (SSSR count). The summed E-state index contributed by atoms with van der Waals surface area (Å²) in [5, 5.41) is 14.0. The van der Waals surface area contributed by atoms with Crippen LogP contribution in [0.5, 0.6) is 0 Å². The molecule has 0 aliphatic rings. The van der Waals surface area contributed by atoms with Gasteiger partial charge in [-0.1, -0.05) is 48.0 Å². The van der Waals surface area contributed by atoms with Crippen LogP contribution in [0, 0.1) is 6.92 Å². The zero-order valence-corrected chi connectivity index (χ0v) is 12.1. The van der Waals surface area contributed by atoms with Crippen molar-refractivity contribution in [2.24, 2.45) is 7.05 Å². The van der Waals surface area contributed by atoms with Gasteiger partial charge in [0.25, 0.3) is 0 Å². The van der Waals surface area contributed by atoms with Crippen LogP contribution in [0.15, 0.2) is 48.5 Å². The van der Waals surface area contributed by atoms with Gasteiger partial charge in [-0.05, 0) is 18.6 Å². The van der Waals surface area contributed by atoms with Gasteiger partial charge in [-0.3, -0.25) is 0 Å². The molecule has 0 bridgehead atoms. The Morgan fingerprint density at radius 3 is 2.67 bits per heavy atom. The maximum Gasteiger partial charge on any atom is 0.181 e. The number of benzene rings is 2. The van der Waals surface area contributed by atoms with Gasteiger partial charge in [0.15, 0.2) is 11.6 Å². The van der Waals surface area contributed by atoms with Crippen molar-refractivity contribution in [2.45, 2.75) is 13.5 Å². The summed E-state index contributed by atoms with van der Waals surface area (Å²) in [6, 6.07) is 15.8. The van der Waals surface area contributed by atoms with E-state index in [1.807, 2.05) is 43.4 Å². The topological polar surface area (TPSA) is 50.9 Å². The molecule has 21 heavy (non-hydrogen) atoms. The average Bonchev–Trinajstić information content (AvgIpc) is 2.89. The van der Waals surface area contributed by atoms with E-state index in [2.05, 4.69) is 29.1 Å². The predicted molar refractivity (Wildman–Crippen MR) is 82.5 cm³/mol. The SMILES string of the molecule is Cc1cccc(-c2nc(-c3ccccc3CO)n(C)n2)c1. The van der Waals surface area contributed by atoms with Gasteiger partial charge in [-0.15, -0.1) is 0 Å². The summed E-state index contributed by atoms with van der Waals surface area (Å²) in [5.41, 5.74) is 3.94. The van der Waals surface area contributed by atoms with Crippen LogP contribution in [-0.2, 0) is 13.7 Å². The molecule has 0 saturated heterocycles. The highest BCUT2D eigenvalue weighted by atomic mass is 16.3. The molecule has 0 radical (unpaired) electrons. The standard InChI is InChI=1S/C17H17N3O/c1-12-6-5-8-13(10-12)16-18-17(20(2)19-16)15-9-4-3-7-14(15)11-21/h3-10,21H,11H2,1-2H3. The van der Waals surface area contributed by atoms with Crippen LogP contribution in [0.25, 0.3) is 22.8 Å². The lowest BCUT2D eigenvalue weighted by atomic mass is 10.1. The lowest BCUT2D eigenvalue weighted by molar-refractivity contribution is 0.282. The fourth-order valence-corrected chi connectivity index (χ4v) is 2.40. The van der Waals surface area contributed by atoms with E-state index in [-0.39, 0.29) is 6.61 Å². The molecule has 0 amide bonds. The Hall–Kier alpha value is -2.46. The highest BCUT2D eigenvalue weighted by Gasteiger charge is 2.13. The van der Waals surface area contributed by atoms with E-state index >= 15 is 0 Å². The number of rotatable bonds is 3. The van der Waals surface area contributed by atoms with E-state index in [0.29, 0.717) is 5.82 Å². The van der Waals surface area contributed by atoms with Crippen molar-refractivity contribution in [1.29, 1.82) is 0 Å². The van der Waals surface area contributed by atoms with Gasteiger partial charge in [0.05, 0.1) is 6.61 Å². The van der Waals surface area contributed by atoms with Crippen molar-refractivity contribution < 1.29 is 5.11 Å². The first-order valence-electron chi connectivity index (χ1n) is 6.86. The Bertz CT molecular complexity index is 777. The molecule has 0 aliphatic heterocycles. The van der Waals surface area contributed by atoms with Crippen LogP contribution in [0.2, 0.25) is 0 Å². The molecule has 4 heteroatoms. The minimum Gasteiger partial charge on any atom is -0.392 e. The summed E-state index contributed by atoms with van der Waals surface area (Å²) in [6.45, 7) is 2.04. The normalized spacial score (nSPS) is 10.8. The molecule has 0 saturated carbocycles. The fourth-order valence-electron chi connectivity index (χ4n) is 2.40. The molecule has 0 unspecified atom stereocenters. The van der Waals surface area contributed by atoms with Gasteiger partial charge in [0, 0.05) is 18.2 Å². The number of hydrogen-bond acceptors (Lipinski definition) is 3. The van der Waals surface area contributed by atoms with Crippen LogP contribution < -0.4 is 0 Å². The van der Waals surface area contributed by atoms with Crippen LogP contribution >= 0.6 is 0 Å². The van der Waals surface area contributed by atoms with Crippen LogP contribution in [0.4, 0.5) is 0 Å². The first-order valence-corrected chi connectivity index (χ1v) is 6.86. The second-order valence-electron chi connectivity index (χ2n) is 5.07. The summed E-state index contributed by atoms with van der Waals surface area (Å²) in [4.78, 5) is 4.64.